The van der Waals surface area contributed by atoms with E-state index in [2.05, 4.69) is 5.32 Å². The Morgan fingerprint density at radius 3 is 2.62 bits per heavy atom. The van der Waals surface area contributed by atoms with Crippen LogP contribution in [0.4, 0.5) is 0 Å². The average Bonchev–Trinajstić information content (AvgIpc) is 3.07. The third-order valence-corrected chi connectivity index (χ3v) is 4.35. The Labute approximate surface area is 156 Å². The highest BCUT2D eigenvalue weighted by molar-refractivity contribution is 6.58. The quantitative estimate of drug-likeness (QED) is 0.474. The molecule has 1 aliphatic carbocycles. The van der Waals surface area contributed by atoms with E-state index in [1.54, 1.807) is 18.2 Å². The maximum absolute atomic E-state index is 12.6. The van der Waals surface area contributed by atoms with Gasteiger partial charge in [-0.05, 0) is 57.5 Å². The maximum atomic E-state index is 12.6. The van der Waals surface area contributed by atoms with Crippen LogP contribution < -0.4 is 10.8 Å². The third kappa shape index (κ3) is 7.07. The molecule has 3 N–H and O–H groups in total. The van der Waals surface area contributed by atoms with Crippen molar-refractivity contribution in [1.29, 1.82) is 0 Å². The van der Waals surface area contributed by atoms with Gasteiger partial charge in [-0.15, -0.1) is 0 Å². The van der Waals surface area contributed by atoms with Gasteiger partial charge in [0, 0.05) is 6.54 Å². The van der Waals surface area contributed by atoms with Crippen LogP contribution in [0.3, 0.4) is 0 Å². The molecule has 0 unspecified atom stereocenters. The third-order valence-electron chi connectivity index (χ3n) is 4.35. The standard InChI is InChI=1S/C19H30BNO5/c1-19(2,3)25-13-17(18(22)26-16-9-4-5-10-16)21-12-14-7-6-8-15(11-14)20(23)24/h6-8,11,16-17,21,23-24H,4-5,9-10,12-13H2,1-3H3/t17-/m0/s1. The van der Waals surface area contributed by atoms with Crippen LogP contribution in [-0.2, 0) is 20.8 Å². The van der Waals surface area contributed by atoms with Gasteiger partial charge >= 0.3 is 13.1 Å². The smallest absolute Gasteiger partial charge is 0.461 e. The summed E-state index contributed by atoms with van der Waals surface area (Å²) in [6, 6.07) is 6.38. The molecule has 0 radical (unpaired) electrons. The molecule has 1 saturated carbocycles. The van der Waals surface area contributed by atoms with Crippen molar-refractivity contribution in [2.24, 2.45) is 0 Å². The molecule has 0 aliphatic heterocycles. The summed E-state index contributed by atoms with van der Waals surface area (Å²) in [7, 11) is -1.51. The van der Waals surface area contributed by atoms with E-state index in [4.69, 9.17) is 9.47 Å². The topological polar surface area (TPSA) is 88.0 Å². The molecule has 1 atom stereocenters. The zero-order chi connectivity index (χ0) is 19.2. The zero-order valence-corrected chi connectivity index (χ0v) is 15.9. The second-order valence-electron chi connectivity index (χ2n) is 7.82. The molecule has 6 nitrogen and oxygen atoms in total. The summed E-state index contributed by atoms with van der Waals surface area (Å²) in [6.07, 6.45) is 4.06. The summed E-state index contributed by atoms with van der Waals surface area (Å²) in [5, 5.41) is 21.8. The van der Waals surface area contributed by atoms with E-state index in [9.17, 15) is 14.8 Å². The van der Waals surface area contributed by atoms with Gasteiger partial charge in [-0.1, -0.05) is 24.3 Å². The first-order valence-corrected chi connectivity index (χ1v) is 9.27. The van der Waals surface area contributed by atoms with Crippen LogP contribution in [0.15, 0.2) is 24.3 Å². The van der Waals surface area contributed by atoms with Crippen molar-refractivity contribution in [1.82, 2.24) is 5.32 Å². The van der Waals surface area contributed by atoms with Crippen molar-refractivity contribution in [2.45, 2.75) is 70.7 Å². The van der Waals surface area contributed by atoms with Crippen molar-refractivity contribution in [3.63, 3.8) is 0 Å². The number of carbonyl (C=O) groups is 1. The maximum Gasteiger partial charge on any atom is 0.488 e. The van der Waals surface area contributed by atoms with Crippen LogP contribution in [0, 0.1) is 0 Å². The largest absolute Gasteiger partial charge is 0.488 e. The highest BCUT2D eigenvalue weighted by Gasteiger charge is 2.27. The van der Waals surface area contributed by atoms with E-state index in [1.165, 1.54) is 0 Å². The van der Waals surface area contributed by atoms with Gasteiger partial charge in [-0.2, -0.15) is 0 Å². The predicted molar refractivity (Wildman–Crippen MR) is 101 cm³/mol. The fourth-order valence-corrected chi connectivity index (χ4v) is 2.90. The molecular weight excluding hydrogens is 333 g/mol. The molecule has 1 aromatic rings. The SMILES string of the molecule is CC(C)(C)OC[C@H](NCc1cccc(B(O)O)c1)C(=O)OC1CCCC1. The van der Waals surface area contributed by atoms with Crippen molar-refractivity contribution in [2.75, 3.05) is 6.61 Å². The number of carbonyl (C=O) groups excluding carboxylic acids is 1. The second-order valence-corrected chi connectivity index (χ2v) is 7.82. The van der Waals surface area contributed by atoms with Crippen molar-refractivity contribution >= 4 is 18.6 Å². The molecule has 7 heteroatoms. The van der Waals surface area contributed by atoms with Crippen LogP contribution in [-0.4, -0.2) is 47.5 Å². The van der Waals surface area contributed by atoms with Gasteiger partial charge in [0.15, 0.2) is 0 Å². The van der Waals surface area contributed by atoms with Gasteiger partial charge in [-0.25, -0.2) is 0 Å². The lowest BCUT2D eigenvalue weighted by molar-refractivity contribution is -0.154. The van der Waals surface area contributed by atoms with E-state index in [0.29, 0.717) is 12.0 Å². The normalized spacial score (nSPS) is 16.5. The Morgan fingerprint density at radius 1 is 1.31 bits per heavy atom. The molecule has 1 fully saturated rings. The van der Waals surface area contributed by atoms with Gasteiger partial charge in [0.1, 0.15) is 12.1 Å². The van der Waals surface area contributed by atoms with Crippen molar-refractivity contribution in [3.8, 4) is 0 Å². The summed E-state index contributed by atoms with van der Waals surface area (Å²) in [4.78, 5) is 12.6. The van der Waals surface area contributed by atoms with E-state index in [1.807, 2.05) is 26.8 Å². The molecule has 1 aromatic carbocycles. The summed E-state index contributed by atoms with van der Waals surface area (Å²) >= 11 is 0. The molecule has 0 aromatic heterocycles. The van der Waals surface area contributed by atoms with Crippen LogP contribution in [0.5, 0.6) is 0 Å². The highest BCUT2D eigenvalue weighted by Crippen LogP contribution is 2.21. The van der Waals surface area contributed by atoms with Gasteiger partial charge in [0.2, 0.25) is 0 Å². The Morgan fingerprint density at radius 2 is 2.00 bits per heavy atom. The Kier molecular flexibility index (Phi) is 7.64. The number of hydrogen-bond donors (Lipinski definition) is 3. The second kappa shape index (κ2) is 9.51. The van der Waals surface area contributed by atoms with E-state index >= 15 is 0 Å². The van der Waals surface area contributed by atoms with E-state index in [-0.39, 0.29) is 24.3 Å². The van der Waals surface area contributed by atoms with Gasteiger partial charge in [0.05, 0.1) is 12.2 Å². The van der Waals surface area contributed by atoms with Gasteiger partial charge in [-0.3, -0.25) is 10.1 Å². The molecule has 144 valence electrons. The first kappa shape index (κ1) is 20.9. The lowest BCUT2D eigenvalue weighted by atomic mass is 9.79. The molecule has 0 bridgehead atoms. The lowest BCUT2D eigenvalue weighted by Gasteiger charge is -2.25. The predicted octanol–water partition coefficient (Wildman–Crippen LogP) is 1.13. The number of rotatable bonds is 8. The lowest BCUT2D eigenvalue weighted by Crippen LogP contribution is -2.44. The van der Waals surface area contributed by atoms with Crippen molar-refractivity contribution in [3.05, 3.63) is 29.8 Å². The molecular formula is C19H30BNO5. The summed E-state index contributed by atoms with van der Waals surface area (Å²) in [5.41, 5.74) is 0.916. The number of benzene rings is 1. The van der Waals surface area contributed by atoms with Crippen LogP contribution in [0.2, 0.25) is 0 Å². The van der Waals surface area contributed by atoms with Crippen molar-refractivity contribution < 1.29 is 24.3 Å². The van der Waals surface area contributed by atoms with Gasteiger partial charge in [0.25, 0.3) is 0 Å². The minimum atomic E-state index is -1.51. The monoisotopic (exact) mass is 363 g/mol. The van der Waals surface area contributed by atoms with Crippen LogP contribution in [0.1, 0.15) is 52.0 Å². The Bertz CT molecular complexity index is 582. The highest BCUT2D eigenvalue weighted by atomic mass is 16.6. The minimum absolute atomic E-state index is 0.00861. The number of esters is 1. The molecule has 26 heavy (non-hydrogen) atoms. The molecule has 0 spiro atoms. The zero-order valence-electron chi connectivity index (χ0n) is 15.9. The first-order chi connectivity index (χ1) is 12.2. The van der Waals surface area contributed by atoms with E-state index in [0.717, 1.165) is 31.2 Å². The minimum Gasteiger partial charge on any atom is -0.461 e. The molecule has 2 rings (SSSR count). The molecule has 0 amide bonds. The fourth-order valence-electron chi connectivity index (χ4n) is 2.90. The molecule has 1 aliphatic rings. The number of ether oxygens (including phenoxy) is 2. The number of nitrogens with one attached hydrogen (secondary N) is 1. The summed E-state index contributed by atoms with van der Waals surface area (Å²) < 4.78 is 11.4. The summed E-state index contributed by atoms with van der Waals surface area (Å²) in [6.45, 7) is 6.45. The van der Waals surface area contributed by atoms with Crippen LogP contribution in [0.25, 0.3) is 0 Å². The number of hydrogen-bond acceptors (Lipinski definition) is 6. The molecule has 0 saturated heterocycles. The summed E-state index contributed by atoms with van der Waals surface area (Å²) in [5.74, 6) is -0.292. The van der Waals surface area contributed by atoms with E-state index < -0.39 is 13.2 Å². The Balaban J connectivity index is 1.97. The fraction of sp³-hybridized carbons (Fsp3) is 0.632. The molecule has 0 heterocycles. The average molecular weight is 363 g/mol. The van der Waals surface area contributed by atoms with Gasteiger partial charge < -0.3 is 19.5 Å². The first-order valence-electron chi connectivity index (χ1n) is 9.27. The van der Waals surface area contributed by atoms with Crippen LogP contribution >= 0.6 is 0 Å². The Hall–Kier alpha value is -1.41.